The van der Waals surface area contributed by atoms with Crippen molar-refractivity contribution in [2.75, 3.05) is 23.0 Å². The van der Waals surface area contributed by atoms with E-state index < -0.39 is 11.8 Å². The lowest BCUT2D eigenvalue weighted by Crippen LogP contribution is -2.32. The van der Waals surface area contributed by atoms with E-state index in [1.165, 1.54) is 95.4 Å². The molecule has 0 fully saturated rings. The van der Waals surface area contributed by atoms with E-state index in [1.807, 2.05) is 12.1 Å². The number of carbonyl (C=O) groups excluding carboxylic acids is 2. The number of carbonyl (C=O) groups is 2. The zero-order valence-corrected chi connectivity index (χ0v) is 37.3. The molecule has 0 aliphatic heterocycles. The highest BCUT2D eigenvalue weighted by molar-refractivity contribution is 6.40. The molecule has 0 atom stereocenters. The van der Waals surface area contributed by atoms with E-state index in [9.17, 15) is 9.59 Å². The monoisotopic (exact) mass is 832 g/mol. The Hall–Kier alpha value is -6.66. The summed E-state index contributed by atoms with van der Waals surface area (Å²) in [5.74, 6) is -1.42. The molecule has 0 spiro atoms. The highest BCUT2D eigenvalue weighted by Crippen LogP contribution is 2.42. The number of aryl methyl sites for hydroxylation is 3. The SMILES string of the molecule is CCCCCCc1c2ccccc2c(Nc2cc(Cc3ccc(NC(=O)C(=O)NC)c(Nc4c5ccccc5c(CCCCCC)c5ccccc45)c3)ccc2C)c2ccccc12. The first-order valence-electron chi connectivity index (χ1n) is 23.0. The number of hydrogen-bond donors (Lipinski definition) is 4. The van der Waals surface area contributed by atoms with E-state index in [0.717, 1.165) is 63.8 Å². The second-order valence-electron chi connectivity index (χ2n) is 17.0. The van der Waals surface area contributed by atoms with Crippen molar-refractivity contribution in [1.29, 1.82) is 0 Å². The summed E-state index contributed by atoms with van der Waals surface area (Å²) in [5.41, 5.74) is 10.6. The predicted molar refractivity (Wildman–Crippen MR) is 268 cm³/mol. The molecule has 0 aliphatic carbocycles. The van der Waals surface area contributed by atoms with Crippen LogP contribution in [0.4, 0.5) is 28.4 Å². The van der Waals surface area contributed by atoms with Crippen molar-refractivity contribution in [3.05, 3.63) is 161 Å². The number of amides is 2. The average Bonchev–Trinajstić information content (AvgIpc) is 3.31. The zero-order valence-electron chi connectivity index (χ0n) is 37.3. The number of benzene rings is 8. The summed E-state index contributed by atoms with van der Waals surface area (Å²) in [4.78, 5) is 25.5. The fraction of sp³-hybridized carbons (Fsp3) is 0.263. The molecule has 6 nitrogen and oxygen atoms in total. The van der Waals surface area contributed by atoms with Gasteiger partial charge in [-0.15, -0.1) is 0 Å². The van der Waals surface area contributed by atoms with Crippen LogP contribution in [0.1, 0.15) is 93.0 Å². The first-order valence-corrected chi connectivity index (χ1v) is 23.0. The lowest BCUT2D eigenvalue weighted by Gasteiger charge is -2.21. The van der Waals surface area contributed by atoms with Gasteiger partial charge < -0.3 is 21.3 Å². The lowest BCUT2D eigenvalue weighted by atomic mass is 9.91. The van der Waals surface area contributed by atoms with E-state index in [1.54, 1.807) is 0 Å². The van der Waals surface area contributed by atoms with Gasteiger partial charge in [0, 0.05) is 34.3 Å². The van der Waals surface area contributed by atoms with Gasteiger partial charge in [0.25, 0.3) is 0 Å². The third kappa shape index (κ3) is 9.41. The van der Waals surface area contributed by atoms with E-state index in [-0.39, 0.29) is 0 Å². The fourth-order valence-electron chi connectivity index (χ4n) is 9.33. The summed E-state index contributed by atoms with van der Waals surface area (Å²) in [6.07, 6.45) is 12.4. The van der Waals surface area contributed by atoms with Crippen LogP contribution in [-0.4, -0.2) is 18.9 Å². The summed E-state index contributed by atoms with van der Waals surface area (Å²) in [7, 11) is 1.46. The highest BCUT2D eigenvalue weighted by atomic mass is 16.2. The molecule has 320 valence electrons. The van der Waals surface area contributed by atoms with Gasteiger partial charge in [0.1, 0.15) is 0 Å². The maximum atomic E-state index is 13.1. The van der Waals surface area contributed by atoms with Crippen molar-refractivity contribution in [3.8, 4) is 0 Å². The van der Waals surface area contributed by atoms with Gasteiger partial charge in [-0.05, 0) is 107 Å². The van der Waals surface area contributed by atoms with Crippen LogP contribution in [0, 0.1) is 6.92 Å². The summed E-state index contributed by atoms with van der Waals surface area (Å²) < 4.78 is 0. The van der Waals surface area contributed by atoms with Gasteiger partial charge in [-0.25, -0.2) is 0 Å². The molecule has 0 heterocycles. The second-order valence-corrected chi connectivity index (χ2v) is 17.0. The minimum atomic E-state index is -0.718. The largest absolute Gasteiger partial charge is 0.354 e. The molecule has 0 radical (unpaired) electrons. The molecule has 63 heavy (non-hydrogen) atoms. The normalized spacial score (nSPS) is 11.4. The van der Waals surface area contributed by atoms with E-state index >= 15 is 0 Å². The van der Waals surface area contributed by atoms with Gasteiger partial charge in [-0.2, -0.15) is 0 Å². The van der Waals surface area contributed by atoms with Crippen LogP contribution in [0.2, 0.25) is 0 Å². The number of nitrogens with one attached hydrogen (secondary N) is 4. The highest BCUT2D eigenvalue weighted by Gasteiger charge is 2.19. The van der Waals surface area contributed by atoms with Crippen molar-refractivity contribution in [3.63, 3.8) is 0 Å². The Morgan fingerprint density at radius 1 is 0.444 bits per heavy atom. The Kier molecular flexibility index (Phi) is 13.7. The molecule has 0 aliphatic rings. The van der Waals surface area contributed by atoms with Crippen molar-refractivity contribution in [2.45, 2.75) is 91.4 Å². The summed E-state index contributed by atoms with van der Waals surface area (Å²) >= 11 is 0. The van der Waals surface area contributed by atoms with E-state index in [0.29, 0.717) is 17.8 Å². The van der Waals surface area contributed by atoms with Crippen LogP contribution in [0.25, 0.3) is 43.1 Å². The van der Waals surface area contributed by atoms with Gasteiger partial charge >= 0.3 is 11.8 Å². The molecule has 8 rings (SSSR count). The lowest BCUT2D eigenvalue weighted by molar-refractivity contribution is -0.135. The maximum absolute atomic E-state index is 13.1. The summed E-state index contributed by atoms with van der Waals surface area (Å²) in [5, 5.41) is 22.9. The standard InChI is InChI=1S/C57H60N4O2/c1-5-7-9-11-21-41-43-23-13-17-27-47(43)54(48-28-18-14-24-44(41)48)59-52-36-39(32-31-38(52)3)35-40-33-34-51(61-57(63)56(62)58-4)53(37-40)60-55-49-29-19-15-25-45(49)42(22-12-10-8-6-2)46-26-16-20-30-50(46)55/h13-20,23-34,36-37,59-60H,5-12,21-22,35H2,1-4H3,(H,58,62)(H,61,63). The molecule has 8 aromatic rings. The van der Waals surface area contributed by atoms with E-state index in [4.69, 9.17) is 0 Å². The Balaban J connectivity index is 1.16. The van der Waals surface area contributed by atoms with E-state index in [2.05, 4.69) is 163 Å². The number of likely N-dealkylation sites (N-methyl/N-ethyl adjacent to an activating group) is 1. The summed E-state index contributed by atoms with van der Waals surface area (Å²) in [6, 6.07) is 47.6. The third-order valence-corrected chi connectivity index (χ3v) is 12.6. The third-order valence-electron chi connectivity index (χ3n) is 12.6. The number of rotatable bonds is 17. The minimum absolute atomic E-state index is 0.531. The molecular formula is C57H60N4O2. The number of anilines is 5. The smallest absolute Gasteiger partial charge is 0.313 e. The Morgan fingerprint density at radius 2 is 0.857 bits per heavy atom. The van der Waals surface area contributed by atoms with Crippen LogP contribution in [0.3, 0.4) is 0 Å². The fourth-order valence-corrected chi connectivity index (χ4v) is 9.33. The first kappa shape index (κ1) is 43.0. The van der Waals surface area contributed by atoms with Crippen LogP contribution >= 0.6 is 0 Å². The molecule has 4 N–H and O–H groups in total. The molecule has 0 saturated carbocycles. The van der Waals surface area contributed by atoms with Crippen LogP contribution in [-0.2, 0) is 28.9 Å². The van der Waals surface area contributed by atoms with Gasteiger partial charge in [-0.3, -0.25) is 9.59 Å². The average molecular weight is 833 g/mol. The Bertz CT molecular complexity index is 2820. The number of hydrogen-bond acceptors (Lipinski definition) is 4. The molecule has 0 aromatic heterocycles. The number of unbranched alkanes of at least 4 members (excludes halogenated alkanes) is 6. The molecule has 8 aromatic carbocycles. The first-order chi connectivity index (χ1) is 30.9. The molecule has 0 unspecified atom stereocenters. The van der Waals surface area contributed by atoms with Crippen LogP contribution < -0.4 is 21.3 Å². The molecule has 0 saturated heterocycles. The minimum Gasteiger partial charge on any atom is -0.354 e. The van der Waals surface area contributed by atoms with Gasteiger partial charge in [0.05, 0.1) is 22.7 Å². The van der Waals surface area contributed by atoms with Crippen molar-refractivity contribution in [1.82, 2.24) is 5.32 Å². The second kappa shape index (κ2) is 20.0. The zero-order chi connectivity index (χ0) is 43.7. The van der Waals surface area contributed by atoms with Crippen molar-refractivity contribution in [2.24, 2.45) is 0 Å². The number of fused-ring (bicyclic) bond motifs is 4. The Labute approximate surface area is 372 Å². The van der Waals surface area contributed by atoms with Crippen molar-refractivity contribution >= 4 is 83.3 Å². The summed E-state index contributed by atoms with van der Waals surface area (Å²) in [6.45, 7) is 6.68. The van der Waals surface area contributed by atoms with Gasteiger partial charge in [0.15, 0.2) is 0 Å². The molecule has 2 amide bonds. The predicted octanol–water partition coefficient (Wildman–Crippen LogP) is 14.6. The molecule has 0 bridgehead atoms. The molecule has 6 heteroatoms. The van der Waals surface area contributed by atoms with Gasteiger partial charge in [-0.1, -0.05) is 168 Å². The van der Waals surface area contributed by atoms with Gasteiger partial charge in [0.2, 0.25) is 0 Å². The topological polar surface area (TPSA) is 82.3 Å². The maximum Gasteiger partial charge on any atom is 0.313 e. The quantitative estimate of drug-likeness (QED) is 0.0418. The van der Waals surface area contributed by atoms with Crippen LogP contribution in [0.15, 0.2) is 133 Å². The Morgan fingerprint density at radius 3 is 1.30 bits per heavy atom. The van der Waals surface area contributed by atoms with Crippen molar-refractivity contribution < 1.29 is 9.59 Å². The molecular weight excluding hydrogens is 773 g/mol. The van der Waals surface area contributed by atoms with Crippen LogP contribution in [0.5, 0.6) is 0 Å².